The van der Waals surface area contributed by atoms with Gasteiger partial charge in [-0.3, -0.25) is 4.79 Å². The van der Waals surface area contributed by atoms with Gasteiger partial charge in [-0.1, -0.05) is 34.6 Å². The van der Waals surface area contributed by atoms with Crippen molar-refractivity contribution in [1.82, 2.24) is 5.32 Å². The third-order valence-electron chi connectivity index (χ3n) is 3.00. The molecule has 0 aliphatic carbocycles. The average Bonchev–Trinajstić information content (AvgIpc) is 2.15. The summed E-state index contributed by atoms with van der Waals surface area (Å²) in [6.07, 6.45) is 1.49. The van der Waals surface area contributed by atoms with E-state index in [1.54, 1.807) is 0 Å². The molecule has 3 nitrogen and oxygen atoms in total. The summed E-state index contributed by atoms with van der Waals surface area (Å²) in [6.45, 7) is 11.2. The second-order valence-electron chi connectivity index (χ2n) is 5.41. The normalized spacial score (nSPS) is 14.1. The van der Waals surface area contributed by atoms with E-state index in [1.807, 2.05) is 13.8 Å². The molecule has 0 spiro atoms. The standard InChI is InChI=1S/C12H26N2O/c1-6-12(4,5)8-14-11(15)7-10(13)9(2)3/h9-10H,6-8,13H2,1-5H3,(H,14,15). The largest absolute Gasteiger partial charge is 0.356 e. The summed E-state index contributed by atoms with van der Waals surface area (Å²) in [5.74, 6) is 0.424. The number of hydrogen-bond acceptors (Lipinski definition) is 2. The van der Waals surface area contributed by atoms with Crippen LogP contribution in [-0.4, -0.2) is 18.5 Å². The van der Waals surface area contributed by atoms with E-state index in [-0.39, 0.29) is 17.4 Å². The highest BCUT2D eigenvalue weighted by atomic mass is 16.1. The van der Waals surface area contributed by atoms with Crippen LogP contribution in [-0.2, 0) is 4.79 Å². The van der Waals surface area contributed by atoms with Crippen molar-refractivity contribution in [3.8, 4) is 0 Å². The van der Waals surface area contributed by atoms with E-state index in [0.29, 0.717) is 12.3 Å². The highest BCUT2D eigenvalue weighted by Crippen LogP contribution is 2.17. The fraction of sp³-hybridized carbons (Fsp3) is 0.917. The zero-order valence-electron chi connectivity index (χ0n) is 10.8. The van der Waals surface area contributed by atoms with Gasteiger partial charge < -0.3 is 11.1 Å². The first-order valence-electron chi connectivity index (χ1n) is 5.81. The summed E-state index contributed by atoms with van der Waals surface area (Å²) in [5.41, 5.74) is 6.01. The maximum absolute atomic E-state index is 11.5. The van der Waals surface area contributed by atoms with Crippen LogP contribution in [0.2, 0.25) is 0 Å². The number of rotatable bonds is 6. The minimum Gasteiger partial charge on any atom is -0.356 e. The molecule has 0 bridgehead atoms. The summed E-state index contributed by atoms with van der Waals surface area (Å²) < 4.78 is 0. The lowest BCUT2D eigenvalue weighted by Crippen LogP contribution is -2.38. The first kappa shape index (κ1) is 14.4. The van der Waals surface area contributed by atoms with Crippen LogP contribution < -0.4 is 11.1 Å². The van der Waals surface area contributed by atoms with Crippen molar-refractivity contribution >= 4 is 5.91 Å². The second kappa shape index (κ2) is 6.11. The van der Waals surface area contributed by atoms with Gasteiger partial charge >= 0.3 is 0 Å². The van der Waals surface area contributed by atoms with Gasteiger partial charge in [0.15, 0.2) is 0 Å². The quantitative estimate of drug-likeness (QED) is 0.709. The van der Waals surface area contributed by atoms with Crippen LogP contribution in [0.15, 0.2) is 0 Å². The first-order chi connectivity index (χ1) is 6.78. The molecule has 90 valence electrons. The summed E-state index contributed by atoms with van der Waals surface area (Å²) in [6, 6.07) is -0.0326. The number of nitrogens with one attached hydrogen (secondary N) is 1. The Hall–Kier alpha value is -0.570. The lowest BCUT2D eigenvalue weighted by molar-refractivity contribution is -0.122. The van der Waals surface area contributed by atoms with E-state index >= 15 is 0 Å². The van der Waals surface area contributed by atoms with Crippen molar-refractivity contribution in [3.63, 3.8) is 0 Å². The van der Waals surface area contributed by atoms with Crippen LogP contribution >= 0.6 is 0 Å². The van der Waals surface area contributed by atoms with E-state index in [2.05, 4.69) is 26.1 Å². The van der Waals surface area contributed by atoms with Crippen molar-refractivity contribution in [1.29, 1.82) is 0 Å². The molecule has 0 fully saturated rings. The van der Waals surface area contributed by atoms with Gasteiger partial charge in [0.25, 0.3) is 0 Å². The van der Waals surface area contributed by atoms with Crippen LogP contribution in [0.25, 0.3) is 0 Å². The molecule has 0 aromatic carbocycles. The zero-order chi connectivity index (χ0) is 12.1. The molecular formula is C12H26N2O. The fourth-order valence-corrected chi connectivity index (χ4v) is 0.985. The molecule has 1 atom stereocenters. The minimum absolute atomic E-state index is 0.0326. The maximum atomic E-state index is 11.5. The van der Waals surface area contributed by atoms with Crippen molar-refractivity contribution < 1.29 is 4.79 Å². The third-order valence-corrected chi connectivity index (χ3v) is 3.00. The van der Waals surface area contributed by atoms with Gasteiger partial charge in [-0.2, -0.15) is 0 Å². The Balaban J connectivity index is 3.86. The van der Waals surface area contributed by atoms with Crippen LogP contribution in [0.4, 0.5) is 0 Å². The molecule has 1 amide bonds. The molecular weight excluding hydrogens is 188 g/mol. The molecule has 0 aliphatic heterocycles. The molecule has 0 saturated heterocycles. The van der Waals surface area contributed by atoms with E-state index in [0.717, 1.165) is 13.0 Å². The Morgan fingerprint density at radius 3 is 2.33 bits per heavy atom. The van der Waals surface area contributed by atoms with E-state index in [4.69, 9.17) is 5.73 Å². The Morgan fingerprint density at radius 1 is 1.40 bits per heavy atom. The lowest BCUT2D eigenvalue weighted by Gasteiger charge is -2.23. The molecule has 0 aromatic heterocycles. The predicted octanol–water partition coefficient (Wildman–Crippen LogP) is 1.91. The number of carbonyl (C=O) groups excluding carboxylic acids is 1. The van der Waals surface area contributed by atoms with Gasteiger partial charge in [0, 0.05) is 19.0 Å². The molecule has 0 aliphatic rings. The number of amides is 1. The van der Waals surface area contributed by atoms with Gasteiger partial charge in [-0.25, -0.2) is 0 Å². The van der Waals surface area contributed by atoms with Gasteiger partial charge in [0.2, 0.25) is 5.91 Å². The van der Waals surface area contributed by atoms with Gasteiger partial charge in [-0.05, 0) is 17.8 Å². The van der Waals surface area contributed by atoms with Gasteiger partial charge in [-0.15, -0.1) is 0 Å². The Morgan fingerprint density at radius 2 is 1.93 bits per heavy atom. The predicted molar refractivity (Wildman–Crippen MR) is 64.5 cm³/mol. The second-order valence-corrected chi connectivity index (χ2v) is 5.41. The highest BCUT2D eigenvalue weighted by molar-refractivity contribution is 5.76. The van der Waals surface area contributed by atoms with Crippen LogP contribution in [0.1, 0.15) is 47.5 Å². The van der Waals surface area contributed by atoms with Crippen molar-refractivity contribution in [2.24, 2.45) is 17.1 Å². The number of nitrogens with two attached hydrogens (primary N) is 1. The van der Waals surface area contributed by atoms with Crippen molar-refractivity contribution in [2.45, 2.75) is 53.5 Å². The van der Waals surface area contributed by atoms with E-state index in [9.17, 15) is 4.79 Å². The van der Waals surface area contributed by atoms with Crippen LogP contribution in [0, 0.1) is 11.3 Å². The molecule has 3 heteroatoms. The van der Waals surface area contributed by atoms with E-state index < -0.39 is 0 Å². The summed E-state index contributed by atoms with van der Waals surface area (Å²) >= 11 is 0. The lowest BCUT2D eigenvalue weighted by atomic mass is 9.90. The smallest absolute Gasteiger partial charge is 0.221 e. The Bertz CT molecular complexity index is 200. The molecule has 3 N–H and O–H groups in total. The maximum Gasteiger partial charge on any atom is 0.221 e. The van der Waals surface area contributed by atoms with Crippen LogP contribution in [0.5, 0.6) is 0 Å². The van der Waals surface area contributed by atoms with E-state index in [1.165, 1.54) is 0 Å². The highest BCUT2D eigenvalue weighted by Gasteiger charge is 2.18. The Labute approximate surface area is 93.8 Å². The number of hydrogen-bond donors (Lipinski definition) is 2. The monoisotopic (exact) mass is 214 g/mol. The molecule has 0 radical (unpaired) electrons. The zero-order valence-corrected chi connectivity index (χ0v) is 10.8. The van der Waals surface area contributed by atoms with Crippen molar-refractivity contribution in [2.75, 3.05) is 6.54 Å². The topological polar surface area (TPSA) is 55.1 Å². The molecule has 0 rings (SSSR count). The molecule has 15 heavy (non-hydrogen) atoms. The molecule has 0 aromatic rings. The fourth-order valence-electron chi connectivity index (χ4n) is 0.985. The summed E-state index contributed by atoms with van der Waals surface area (Å²) in [7, 11) is 0. The third kappa shape index (κ3) is 6.50. The molecule has 0 heterocycles. The van der Waals surface area contributed by atoms with Gasteiger partial charge in [0.05, 0.1) is 0 Å². The van der Waals surface area contributed by atoms with Crippen LogP contribution in [0.3, 0.4) is 0 Å². The Kier molecular flexibility index (Phi) is 5.88. The summed E-state index contributed by atoms with van der Waals surface area (Å²) in [4.78, 5) is 11.5. The summed E-state index contributed by atoms with van der Waals surface area (Å²) in [5, 5.41) is 2.94. The minimum atomic E-state index is -0.0326. The SMILES string of the molecule is CCC(C)(C)CNC(=O)CC(N)C(C)C. The molecule has 1 unspecified atom stereocenters. The van der Waals surface area contributed by atoms with Gasteiger partial charge in [0.1, 0.15) is 0 Å². The number of carbonyl (C=O) groups is 1. The molecule has 0 saturated carbocycles. The first-order valence-corrected chi connectivity index (χ1v) is 5.81. The van der Waals surface area contributed by atoms with Crippen molar-refractivity contribution in [3.05, 3.63) is 0 Å². The average molecular weight is 214 g/mol.